The van der Waals surface area contributed by atoms with Crippen LogP contribution in [0.1, 0.15) is 33.1 Å². The molecule has 0 aromatic heterocycles. The molecule has 14 heavy (non-hydrogen) atoms. The summed E-state index contributed by atoms with van der Waals surface area (Å²) < 4.78 is 4.69. The molecule has 5 heteroatoms. The van der Waals surface area contributed by atoms with Crippen molar-refractivity contribution in [3.63, 3.8) is 0 Å². The number of rotatable bonds is 6. The van der Waals surface area contributed by atoms with Gasteiger partial charge in [0.05, 0.1) is 0 Å². The third kappa shape index (κ3) is 4.02. The van der Waals surface area contributed by atoms with Crippen molar-refractivity contribution in [3.8, 4) is 0 Å². The van der Waals surface area contributed by atoms with Crippen LogP contribution >= 0.6 is 0 Å². The topological polar surface area (TPSA) is 80.7 Å². The number of esters is 1. The number of aliphatic carboxylic acids is 1. The van der Waals surface area contributed by atoms with Crippen LogP contribution in [0.4, 0.5) is 0 Å². The van der Waals surface area contributed by atoms with Crippen molar-refractivity contribution in [1.29, 1.82) is 0 Å². The van der Waals surface area contributed by atoms with Crippen LogP contribution in [0.15, 0.2) is 0 Å². The summed E-state index contributed by atoms with van der Waals surface area (Å²) in [5, 5.41) is 8.22. The third-order valence-electron chi connectivity index (χ3n) is 1.72. The minimum Gasteiger partial charge on any atom is -0.475 e. The van der Waals surface area contributed by atoms with Crippen LogP contribution in [-0.4, -0.2) is 28.9 Å². The van der Waals surface area contributed by atoms with Gasteiger partial charge in [0, 0.05) is 0 Å². The number of carboxylic acid groups (broad SMARTS) is 1. The van der Waals surface area contributed by atoms with Gasteiger partial charge in [0.2, 0.25) is 0 Å². The van der Waals surface area contributed by atoms with Gasteiger partial charge in [-0.3, -0.25) is 4.79 Å². The zero-order valence-corrected chi connectivity index (χ0v) is 8.28. The highest BCUT2D eigenvalue weighted by Crippen LogP contribution is 2.06. The molecule has 0 fully saturated rings. The summed E-state index contributed by atoms with van der Waals surface area (Å²) in [6.45, 7) is 3.72. The highest BCUT2D eigenvalue weighted by Gasteiger charge is 2.25. The number of hydrogen-bond acceptors (Lipinski definition) is 4. The summed E-state index contributed by atoms with van der Waals surface area (Å²) in [6, 6.07) is 0. The molecule has 0 bridgehead atoms. The van der Waals surface area contributed by atoms with Crippen LogP contribution < -0.4 is 0 Å². The standard InChI is InChI=1S/C9H14O5/c1-3-5-6(4-2)14-9(13)7(10)8(11)12/h6H,3-5H2,1-2H3,(H,11,12). The lowest BCUT2D eigenvalue weighted by atomic mass is 10.1. The quantitative estimate of drug-likeness (QED) is 0.390. The second-order valence-electron chi connectivity index (χ2n) is 2.86. The van der Waals surface area contributed by atoms with Gasteiger partial charge >= 0.3 is 17.7 Å². The number of hydrogen-bond donors (Lipinski definition) is 1. The lowest BCUT2D eigenvalue weighted by molar-refractivity contribution is -0.164. The minimum absolute atomic E-state index is 0.365. The van der Waals surface area contributed by atoms with E-state index in [9.17, 15) is 14.4 Å². The van der Waals surface area contributed by atoms with Crippen molar-refractivity contribution >= 4 is 17.7 Å². The molecule has 1 N–H and O–H groups in total. The van der Waals surface area contributed by atoms with E-state index < -0.39 is 17.7 Å². The normalized spacial score (nSPS) is 11.9. The van der Waals surface area contributed by atoms with Crippen LogP contribution in [0.5, 0.6) is 0 Å². The molecule has 0 radical (unpaired) electrons. The molecule has 0 heterocycles. The molecule has 0 aromatic carbocycles. The van der Waals surface area contributed by atoms with Gasteiger partial charge in [-0.05, 0) is 12.8 Å². The van der Waals surface area contributed by atoms with E-state index in [1.807, 2.05) is 6.92 Å². The minimum atomic E-state index is -1.78. The van der Waals surface area contributed by atoms with Crippen molar-refractivity contribution in [2.24, 2.45) is 0 Å². The molecule has 0 amide bonds. The Morgan fingerprint density at radius 1 is 1.29 bits per heavy atom. The number of carboxylic acids is 1. The molecule has 0 saturated heterocycles. The van der Waals surface area contributed by atoms with E-state index >= 15 is 0 Å². The number of Topliss-reactive ketones (excluding diaryl/α,β-unsaturated/α-hetero) is 1. The Bertz CT molecular complexity index is 233. The van der Waals surface area contributed by atoms with Crippen LogP contribution in [0.25, 0.3) is 0 Å². The maximum Gasteiger partial charge on any atom is 0.387 e. The summed E-state index contributed by atoms with van der Waals surface area (Å²) in [6.07, 6.45) is 1.66. The highest BCUT2D eigenvalue weighted by molar-refractivity contribution is 6.59. The molecule has 1 unspecified atom stereocenters. The smallest absolute Gasteiger partial charge is 0.387 e. The van der Waals surface area contributed by atoms with E-state index in [0.29, 0.717) is 12.8 Å². The molecule has 0 rings (SSSR count). The van der Waals surface area contributed by atoms with Crippen molar-refractivity contribution < 1.29 is 24.2 Å². The fraction of sp³-hybridized carbons (Fsp3) is 0.667. The van der Waals surface area contributed by atoms with E-state index in [2.05, 4.69) is 0 Å². The molecule has 0 aromatic rings. The molecule has 0 spiro atoms. The average molecular weight is 202 g/mol. The summed E-state index contributed by atoms with van der Waals surface area (Å²) >= 11 is 0. The van der Waals surface area contributed by atoms with Crippen molar-refractivity contribution in [3.05, 3.63) is 0 Å². The van der Waals surface area contributed by atoms with Crippen LogP contribution in [0, 0.1) is 0 Å². The van der Waals surface area contributed by atoms with E-state index in [1.54, 1.807) is 6.92 Å². The van der Waals surface area contributed by atoms with Crippen molar-refractivity contribution in [1.82, 2.24) is 0 Å². The molecule has 0 aliphatic heterocycles. The first-order chi connectivity index (χ1) is 6.52. The molecule has 5 nitrogen and oxygen atoms in total. The SMILES string of the molecule is CCCC(CC)OC(=O)C(=O)C(=O)O. The first kappa shape index (κ1) is 12.6. The van der Waals surface area contributed by atoms with Crippen molar-refractivity contribution in [2.45, 2.75) is 39.2 Å². The lowest BCUT2D eigenvalue weighted by Crippen LogP contribution is -2.29. The Balaban J connectivity index is 4.15. The molecule has 0 saturated carbocycles. The summed E-state index contributed by atoms with van der Waals surface area (Å²) in [5.41, 5.74) is 0. The first-order valence-electron chi connectivity index (χ1n) is 4.51. The van der Waals surface area contributed by atoms with Gasteiger partial charge in [-0.25, -0.2) is 9.59 Å². The molecular weight excluding hydrogens is 188 g/mol. The predicted molar refractivity (Wildman–Crippen MR) is 47.7 cm³/mol. The molecule has 80 valence electrons. The number of carbonyl (C=O) groups is 3. The Morgan fingerprint density at radius 2 is 1.86 bits per heavy atom. The Labute approximate surface area is 82.1 Å². The van der Waals surface area contributed by atoms with Gasteiger partial charge in [0.1, 0.15) is 6.10 Å². The third-order valence-corrected chi connectivity index (χ3v) is 1.72. The fourth-order valence-corrected chi connectivity index (χ4v) is 0.961. The Morgan fingerprint density at radius 3 is 2.21 bits per heavy atom. The largest absolute Gasteiger partial charge is 0.475 e. The highest BCUT2D eigenvalue weighted by atomic mass is 16.6. The van der Waals surface area contributed by atoms with Crippen LogP contribution in [-0.2, 0) is 19.1 Å². The van der Waals surface area contributed by atoms with Gasteiger partial charge in [0.25, 0.3) is 0 Å². The summed E-state index contributed by atoms with van der Waals surface area (Å²) in [5.74, 6) is -4.57. The van der Waals surface area contributed by atoms with Gasteiger partial charge in [-0.2, -0.15) is 0 Å². The monoisotopic (exact) mass is 202 g/mol. The Kier molecular flexibility index (Phi) is 5.52. The molecule has 0 aliphatic rings. The summed E-state index contributed by atoms with van der Waals surface area (Å²) in [7, 11) is 0. The van der Waals surface area contributed by atoms with Crippen LogP contribution in [0.3, 0.4) is 0 Å². The average Bonchev–Trinajstić information content (AvgIpc) is 2.15. The zero-order valence-electron chi connectivity index (χ0n) is 8.28. The van der Waals surface area contributed by atoms with E-state index in [4.69, 9.17) is 9.84 Å². The van der Waals surface area contributed by atoms with E-state index in [1.165, 1.54) is 0 Å². The van der Waals surface area contributed by atoms with Gasteiger partial charge in [-0.1, -0.05) is 20.3 Å². The molecule has 0 aliphatic carbocycles. The van der Waals surface area contributed by atoms with Gasteiger partial charge in [0.15, 0.2) is 0 Å². The van der Waals surface area contributed by atoms with Crippen LogP contribution in [0.2, 0.25) is 0 Å². The van der Waals surface area contributed by atoms with Crippen molar-refractivity contribution in [2.75, 3.05) is 0 Å². The maximum absolute atomic E-state index is 10.9. The lowest BCUT2D eigenvalue weighted by Gasteiger charge is -2.13. The van der Waals surface area contributed by atoms with Gasteiger partial charge in [-0.15, -0.1) is 0 Å². The maximum atomic E-state index is 10.9. The fourth-order valence-electron chi connectivity index (χ4n) is 0.961. The Hall–Kier alpha value is -1.39. The van der Waals surface area contributed by atoms with E-state index in [0.717, 1.165) is 6.42 Å². The molecular formula is C9H14O5. The second-order valence-corrected chi connectivity index (χ2v) is 2.86. The first-order valence-corrected chi connectivity index (χ1v) is 4.51. The number of ether oxygens (including phenoxy) is 1. The number of carbonyl (C=O) groups excluding carboxylic acids is 2. The molecule has 1 atom stereocenters. The van der Waals surface area contributed by atoms with Gasteiger partial charge < -0.3 is 9.84 Å². The summed E-state index contributed by atoms with van der Waals surface area (Å²) in [4.78, 5) is 31.6. The van der Waals surface area contributed by atoms with E-state index in [-0.39, 0.29) is 6.10 Å². The predicted octanol–water partition coefficient (Wildman–Crippen LogP) is 0.762. The number of ketones is 1. The zero-order chi connectivity index (χ0) is 11.1. The second kappa shape index (κ2) is 6.12.